The Kier molecular flexibility index (Phi) is 3.34. The van der Waals surface area contributed by atoms with Gasteiger partial charge < -0.3 is 5.32 Å². The Morgan fingerprint density at radius 2 is 2.12 bits per heavy atom. The molecule has 16 heavy (non-hydrogen) atoms. The molecule has 1 aromatic rings. The van der Waals surface area contributed by atoms with Crippen LogP contribution >= 0.6 is 11.6 Å². The van der Waals surface area contributed by atoms with Crippen LogP contribution in [0.4, 0.5) is 18.9 Å². The van der Waals surface area contributed by atoms with Crippen LogP contribution in [0.1, 0.15) is 5.69 Å². The second-order valence-corrected chi connectivity index (χ2v) is 2.98. The summed E-state index contributed by atoms with van der Waals surface area (Å²) < 4.78 is 35.7. The molecule has 1 heterocycles. The van der Waals surface area contributed by atoms with Gasteiger partial charge in [0.2, 0.25) is 0 Å². The second kappa shape index (κ2) is 4.37. The number of pyridine rings is 1. The van der Waals surface area contributed by atoms with Crippen LogP contribution in [-0.2, 0) is 4.79 Å². The normalized spacial score (nSPS) is 10.7. The minimum absolute atomic E-state index is 0.0541. The molecular weight excluding hydrogens is 247 g/mol. The predicted molar refractivity (Wildman–Crippen MR) is 48.6 cm³/mol. The van der Waals surface area contributed by atoms with Crippen LogP contribution < -0.4 is 5.32 Å². The van der Waals surface area contributed by atoms with Gasteiger partial charge in [-0.2, -0.15) is 18.4 Å². The molecule has 0 spiro atoms. The summed E-state index contributed by atoms with van der Waals surface area (Å²) in [6.07, 6.45) is -5.02. The zero-order valence-electron chi connectivity index (χ0n) is 7.47. The van der Waals surface area contributed by atoms with Crippen LogP contribution in [-0.4, -0.2) is 17.1 Å². The Labute approximate surface area is 92.6 Å². The van der Waals surface area contributed by atoms with E-state index < -0.39 is 12.1 Å². The topological polar surface area (TPSA) is 65.8 Å². The van der Waals surface area contributed by atoms with Crippen LogP contribution in [0, 0.1) is 11.3 Å². The molecule has 4 nitrogen and oxygen atoms in total. The minimum Gasteiger partial charge on any atom is -0.316 e. The number of carbonyl (C=O) groups excluding carboxylic acids is 1. The molecule has 8 heteroatoms. The van der Waals surface area contributed by atoms with Crippen molar-refractivity contribution in [3.8, 4) is 6.07 Å². The van der Waals surface area contributed by atoms with E-state index >= 15 is 0 Å². The molecule has 0 atom stereocenters. The summed E-state index contributed by atoms with van der Waals surface area (Å²) in [5.41, 5.74) is -0.723. The maximum atomic E-state index is 11.9. The molecule has 0 radical (unpaired) electrons. The Balaban J connectivity index is 2.99. The van der Waals surface area contributed by atoms with Crippen molar-refractivity contribution in [1.29, 1.82) is 5.26 Å². The summed E-state index contributed by atoms with van der Waals surface area (Å²) in [5, 5.41) is 10.0. The van der Waals surface area contributed by atoms with Gasteiger partial charge in [-0.05, 0) is 12.1 Å². The summed E-state index contributed by atoms with van der Waals surface area (Å²) in [5.74, 6) is -2.17. The quantitative estimate of drug-likeness (QED) is 0.775. The lowest BCUT2D eigenvalue weighted by molar-refractivity contribution is -0.167. The summed E-state index contributed by atoms with van der Waals surface area (Å²) in [6, 6.07) is 3.74. The number of aromatic nitrogens is 1. The van der Waals surface area contributed by atoms with E-state index in [9.17, 15) is 18.0 Å². The minimum atomic E-state index is -5.02. The van der Waals surface area contributed by atoms with Gasteiger partial charge in [0.05, 0.1) is 5.69 Å². The van der Waals surface area contributed by atoms with Crippen molar-refractivity contribution >= 4 is 23.2 Å². The SMILES string of the molecule is N#Cc1nc(Cl)ccc1NC(=O)C(F)(F)F. The van der Waals surface area contributed by atoms with E-state index in [1.54, 1.807) is 0 Å². The third kappa shape index (κ3) is 2.84. The monoisotopic (exact) mass is 249 g/mol. The van der Waals surface area contributed by atoms with Gasteiger partial charge in [-0.1, -0.05) is 11.6 Å². The molecule has 1 N–H and O–H groups in total. The highest BCUT2D eigenvalue weighted by Crippen LogP contribution is 2.20. The predicted octanol–water partition coefficient (Wildman–Crippen LogP) is 2.11. The van der Waals surface area contributed by atoms with Crippen LogP contribution in [0.3, 0.4) is 0 Å². The van der Waals surface area contributed by atoms with Crippen molar-refractivity contribution in [3.63, 3.8) is 0 Å². The number of hydrogen-bond donors (Lipinski definition) is 1. The van der Waals surface area contributed by atoms with Crippen LogP contribution in [0.25, 0.3) is 0 Å². The number of amides is 1. The highest BCUT2D eigenvalue weighted by molar-refractivity contribution is 6.29. The fourth-order valence-corrected chi connectivity index (χ4v) is 0.962. The third-order valence-electron chi connectivity index (χ3n) is 1.47. The number of carbonyl (C=O) groups is 1. The molecule has 0 saturated heterocycles. The maximum absolute atomic E-state index is 11.9. The van der Waals surface area contributed by atoms with Gasteiger partial charge in [0.1, 0.15) is 11.2 Å². The Morgan fingerprint density at radius 1 is 1.50 bits per heavy atom. The first-order chi connectivity index (χ1) is 7.34. The maximum Gasteiger partial charge on any atom is 0.471 e. The molecule has 1 amide bonds. The van der Waals surface area contributed by atoms with Crippen molar-refractivity contribution < 1.29 is 18.0 Å². The number of nitrogens with one attached hydrogen (secondary N) is 1. The lowest BCUT2D eigenvalue weighted by Crippen LogP contribution is -2.30. The number of nitriles is 1. The number of rotatable bonds is 1. The smallest absolute Gasteiger partial charge is 0.316 e. The van der Waals surface area contributed by atoms with E-state index in [0.717, 1.165) is 12.1 Å². The summed E-state index contributed by atoms with van der Waals surface area (Å²) in [6.45, 7) is 0. The highest BCUT2D eigenvalue weighted by Gasteiger charge is 2.39. The standard InChI is InChI=1S/C8H3ClF3N3O/c9-6-2-1-4(5(3-13)14-6)15-7(16)8(10,11)12/h1-2H,(H,15,16). The fourth-order valence-electron chi connectivity index (χ4n) is 0.815. The molecule has 0 fully saturated rings. The van der Waals surface area contributed by atoms with Gasteiger partial charge >= 0.3 is 12.1 Å². The van der Waals surface area contributed by atoms with Gasteiger partial charge in [-0.15, -0.1) is 0 Å². The van der Waals surface area contributed by atoms with Gasteiger partial charge in [-0.25, -0.2) is 4.98 Å². The molecule has 0 aliphatic carbocycles. The molecule has 0 unspecified atom stereocenters. The molecule has 84 valence electrons. The molecule has 1 rings (SSSR count). The molecule has 0 aromatic carbocycles. The van der Waals surface area contributed by atoms with E-state index in [1.807, 2.05) is 0 Å². The Morgan fingerprint density at radius 3 is 2.62 bits per heavy atom. The van der Waals surface area contributed by atoms with Crippen LogP contribution in [0.5, 0.6) is 0 Å². The first-order valence-corrected chi connectivity index (χ1v) is 4.17. The van der Waals surface area contributed by atoms with E-state index in [4.69, 9.17) is 16.9 Å². The van der Waals surface area contributed by atoms with Crippen LogP contribution in [0.2, 0.25) is 5.15 Å². The first-order valence-electron chi connectivity index (χ1n) is 3.79. The van der Waals surface area contributed by atoms with Gasteiger partial charge in [0, 0.05) is 0 Å². The molecule has 0 saturated carbocycles. The first kappa shape index (κ1) is 12.3. The number of halogens is 4. The number of nitrogens with zero attached hydrogens (tertiary/aromatic N) is 2. The fraction of sp³-hybridized carbons (Fsp3) is 0.125. The van der Waals surface area contributed by atoms with Gasteiger partial charge in [-0.3, -0.25) is 4.79 Å². The molecule has 1 aromatic heterocycles. The highest BCUT2D eigenvalue weighted by atomic mass is 35.5. The summed E-state index contributed by atoms with van der Waals surface area (Å²) in [4.78, 5) is 14.0. The Bertz CT molecular complexity index is 467. The molecular formula is C8H3ClF3N3O. The van der Waals surface area contributed by atoms with Crippen molar-refractivity contribution in [3.05, 3.63) is 23.0 Å². The van der Waals surface area contributed by atoms with Crippen molar-refractivity contribution in [2.45, 2.75) is 6.18 Å². The average molecular weight is 250 g/mol. The largest absolute Gasteiger partial charge is 0.471 e. The van der Waals surface area contributed by atoms with Gasteiger partial charge in [0.25, 0.3) is 0 Å². The second-order valence-electron chi connectivity index (χ2n) is 2.59. The lowest BCUT2D eigenvalue weighted by atomic mass is 10.3. The molecule has 0 aliphatic heterocycles. The summed E-state index contributed by atoms with van der Waals surface area (Å²) >= 11 is 5.42. The van der Waals surface area contributed by atoms with Crippen molar-refractivity contribution in [2.24, 2.45) is 0 Å². The number of alkyl halides is 3. The van der Waals surface area contributed by atoms with E-state index in [2.05, 4.69) is 4.98 Å². The van der Waals surface area contributed by atoms with E-state index in [0.29, 0.717) is 0 Å². The number of anilines is 1. The zero-order chi connectivity index (χ0) is 12.3. The number of hydrogen-bond acceptors (Lipinski definition) is 3. The Hall–Kier alpha value is -1.81. The van der Waals surface area contributed by atoms with Crippen LogP contribution in [0.15, 0.2) is 12.1 Å². The average Bonchev–Trinajstić information content (AvgIpc) is 2.19. The zero-order valence-corrected chi connectivity index (χ0v) is 8.23. The third-order valence-corrected chi connectivity index (χ3v) is 1.68. The lowest BCUT2D eigenvalue weighted by Gasteiger charge is -2.08. The van der Waals surface area contributed by atoms with Crippen molar-refractivity contribution in [2.75, 3.05) is 5.32 Å². The van der Waals surface area contributed by atoms with Gasteiger partial charge in [0.15, 0.2) is 5.69 Å². The van der Waals surface area contributed by atoms with E-state index in [1.165, 1.54) is 11.4 Å². The molecule has 0 aliphatic rings. The van der Waals surface area contributed by atoms with Crippen molar-refractivity contribution in [1.82, 2.24) is 4.98 Å². The molecule has 0 bridgehead atoms. The summed E-state index contributed by atoms with van der Waals surface area (Å²) in [7, 11) is 0. The van der Waals surface area contributed by atoms with E-state index in [-0.39, 0.29) is 16.5 Å².